The maximum Gasteiger partial charge on any atom is 0.277 e. The first-order chi connectivity index (χ1) is 17.7. The first kappa shape index (κ1) is 25.5. The quantitative estimate of drug-likeness (QED) is 0.200. The zero-order chi connectivity index (χ0) is 26.5. The zero-order valence-electron chi connectivity index (χ0n) is 20.8. The van der Waals surface area contributed by atoms with Crippen molar-refractivity contribution < 1.29 is 14.6 Å². The van der Waals surface area contributed by atoms with Crippen LogP contribution >= 0.6 is 0 Å². The van der Waals surface area contributed by atoms with Crippen molar-refractivity contribution in [3.05, 3.63) is 85.7 Å². The van der Waals surface area contributed by atoms with Crippen molar-refractivity contribution in [1.29, 1.82) is 0 Å². The Kier molecular flexibility index (Phi) is 7.56. The number of amidine groups is 1. The number of nitrogens with zero attached hydrogens (tertiary/aromatic N) is 7. The van der Waals surface area contributed by atoms with Gasteiger partial charge in [0.15, 0.2) is 0 Å². The summed E-state index contributed by atoms with van der Waals surface area (Å²) in [5.41, 5.74) is 1.91. The maximum atomic E-state index is 11.5. The number of piperazine rings is 1. The van der Waals surface area contributed by atoms with Gasteiger partial charge in [-0.25, -0.2) is 15.0 Å². The third kappa shape index (κ3) is 6.15. The molecule has 4 rings (SSSR count). The Morgan fingerprint density at radius 1 is 0.919 bits per heavy atom. The van der Waals surface area contributed by atoms with Crippen LogP contribution in [0.5, 0.6) is 5.75 Å². The zero-order valence-corrected chi connectivity index (χ0v) is 20.8. The number of ether oxygens (including phenoxy) is 1. The van der Waals surface area contributed by atoms with Crippen LogP contribution in [0.4, 0.5) is 23.0 Å². The number of aliphatic imine (C=N–C) groups is 1. The molecule has 0 bridgehead atoms. The predicted molar refractivity (Wildman–Crippen MR) is 139 cm³/mol. The smallest absolute Gasteiger partial charge is 0.277 e. The third-order valence-corrected chi connectivity index (χ3v) is 5.80. The number of nitro benzene ring substituents is 2. The Balaban J connectivity index is 1.70. The topological polar surface area (TPSA) is 140 Å². The van der Waals surface area contributed by atoms with E-state index in [4.69, 9.17) is 9.73 Å². The standard InChI is InChI=1S/C25H27N7O5/c1-4-37-23-7-5-20(6-8-23)28-24(19-14-21(31(33)34)16-22(15-19)32(35)36)29-9-11-30(12-10-29)25-26-17(2)13-18(3)27-25/h5-8,13-16H,4,9-12H2,1-3H3. The molecule has 1 aliphatic rings. The number of benzene rings is 2. The van der Waals surface area contributed by atoms with Crippen molar-refractivity contribution in [3.8, 4) is 5.75 Å². The Bertz CT molecular complexity index is 1280. The van der Waals surface area contributed by atoms with E-state index in [9.17, 15) is 20.2 Å². The van der Waals surface area contributed by atoms with Gasteiger partial charge < -0.3 is 14.5 Å². The Labute approximate surface area is 213 Å². The van der Waals surface area contributed by atoms with Crippen LogP contribution < -0.4 is 9.64 Å². The molecule has 0 saturated carbocycles. The van der Waals surface area contributed by atoms with Gasteiger partial charge >= 0.3 is 0 Å². The summed E-state index contributed by atoms with van der Waals surface area (Å²) >= 11 is 0. The predicted octanol–water partition coefficient (Wildman–Crippen LogP) is 4.21. The van der Waals surface area contributed by atoms with Gasteiger partial charge in [0.25, 0.3) is 11.4 Å². The largest absolute Gasteiger partial charge is 0.494 e. The molecule has 0 atom stereocenters. The van der Waals surface area contributed by atoms with Crippen LogP contribution in [0, 0.1) is 34.1 Å². The lowest BCUT2D eigenvalue weighted by atomic mass is 10.1. The molecule has 0 amide bonds. The van der Waals surface area contributed by atoms with Gasteiger partial charge in [-0.2, -0.15) is 0 Å². The lowest BCUT2D eigenvalue weighted by molar-refractivity contribution is -0.394. The lowest BCUT2D eigenvalue weighted by Crippen LogP contribution is -2.49. The maximum absolute atomic E-state index is 11.5. The average Bonchev–Trinajstić information content (AvgIpc) is 2.87. The highest BCUT2D eigenvalue weighted by Crippen LogP contribution is 2.27. The molecule has 0 N–H and O–H groups in total. The summed E-state index contributed by atoms with van der Waals surface area (Å²) in [6, 6.07) is 12.6. The summed E-state index contributed by atoms with van der Waals surface area (Å²) in [4.78, 5) is 39.7. The van der Waals surface area contributed by atoms with Crippen molar-refractivity contribution in [2.75, 3.05) is 37.7 Å². The highest BCUT2D eigenvalue weighted by molar-refractivity contribution is 6.01. The summed E-state index contributed by atoms with van der Waals surface area (Å²) in [5.74, 6) is 1.75. The number of anilines is 1. The molecule has 0 spiro atoms. The number of hydrogen-bond donors (Lipinski definition) is 0. The Hall–Kier alpha value is -4.61. The molecule has 12 heteroatoms. The van der Waals surface area contributed by atoms with Crippen LogP contribution in [0.25, 0.3) is 0 Å². The van der Waals surface area contributed by atoms with E-state index in [1.165, 1.54) is 12.1 Å². The molecule has 0 radical (unpaired) electrons. The van der Waals surface area contributed by atoms with Crippen LogP contribution in [-0.2, 0) is 0 Å². The van der Waals surface area contributed by atoms with Crippen LogP contribution in [-0.4, -0.2) is 63.3 Å². The van der Waals surface area contributed by atoms with E-state index in [1.807, 2.05) is 31.7 Å². The number of nitro groups is 2. The van der Waals surface area contributed by atoms with Gasteiger partial charge in [-0.05, 0) is 51.1 Å². The molecule has 12 nitrogen and oxygen atoms in total. The van der Waals surface area contributed by atoms with Gasteiger partial charge in [0.05, 0.1) is 28.2 Å². The highest BCUT2D eigenvalue weighted by atomic mass is 16.6. The van der Waals surface area contributed by atoms with Gasteiger partial charge in [-0.15, -0.1) is 0 Å². The first-order valence-electron chi connectivity index (χ1n) is 11.8. The molecular weight excluding hydrogens is 478 g/mol. The highest BCUT2D eigenvalue weighted by Gasteiger charge is 2.26. The van der Waals surface area contributed by atoms with Crippen LogP contribution in [0.1, 0.15) is 23.9 Å². The molecular formula is C25H27N7O5. The van der Waals surface area contributed by atoms with E-state index in [1.54, 1.807) is 24.3 Å². The fourth-order valence-electron chi connectivity index (χ4n) is 4.13. The molecule has 1 aromatic heterocycles. The van der Waals surface area contributed by atoms with Gasteiger partial charge in [-0.3, -0.25) is 20.2 Å². The normalized spacial score (nSPS) is 14.0. The summed E-state index contributed by atoms with van der Waals surface area (Å²) < 4.78 is 5.50. The number of hydrogen-bond acceptors (Lipinski definition) is 9. The Morgan fingerprint density at radius 3 is 2.00 bits per heavy atom. The molecule has 1 saturated heterocycles. The molecule has 0 unspecified atom stereocenters. The molecule has 3 aromatic rings. The van der Waals surface area contributed by atoms with E-state index in [0.717, 1.165) is 17.5 Å². The monoisotopic (exact) mass is 505 g/mol. The van der Waals surface area contributed by atoms with E-state index in [2.05, 4.69) is 14.9 Å². The molecule has 37 heavy (non-hydrogen) atoms. The van der Waals surface area contributed by atoms with E-state index in [0.29, 0.717) is 61.6 Å². The third-order valence-electron chi connectivity index (χ3n) is 5.80. The summed E-state index contributed by atoms with van der Waals surface area (Å²) in [5, 5.41) is 23.1. The second-order valence-corrected chi connectivity index (χ2v) is 8.54. The minimum absolute atomic E-state index is 0.297. The minimum atomic E-state index is -0.639. The molecule has 2 heterocycles. The number of aromatic nitrogens is 2. The SMILES string of the molecule is CCOc1ccc(N=C(c2cc([N+](=O)[O-])cc([N+](=O)[O-])c2)N2CCN(c3nc(C)cc(C)n3)CC2)cc1. The number of rotatable bonds is 7. The summed E-state index contributed by atoms with van der Waals surface area (Å²) in [6.07, 6.45) is 0. The van der Waals surface area contributed by atoms with Gasteiger partial charge in [0.2, 0.25) is 5.95 Å². The van der Waals surface area contributed by atoms with Gasteiger partial charge in [0.1, 0.15) is 11.6 Å². The van der Waals surface area contributed by atoms with Crippen molar-refractivity contribution in [2.45, 2.75) is 20.8 Å². The fraction of sp³-hybridized carbons (Fsp3) is 0.320. The Morgan fingerprint density at radius 2 is 1.49 bits per heavy atom. The fourth-order valence-corrected chi connectivity index (χ4v) is 4.13. The first-order valence-corrected chi connectivity index (χ1v) is 11.8. The lowest BCUT2D eigenvalue weighted by Gasteiger charge is -2.36. The molecule has 1 fully saturated rings. The minimum Gasteiger partial charge on any atom is -0.494 e. The van der Waals surface area contributed by atoms with Crippen LogP contribution in [0.3, 0.4) is 0 Å². The molecule has 1 aliphatic heterocycles. The van der Waals surface area contributed by atoms with E-state index >= 15 is 0 Å². The van der Waals surface area contributed by atoms with Gasteiger partial charge in [0, 0.05) is 55.3 Å². The van der Waals surface area contributed by atoms with Crippen molar-refractivity contribution in [3.63, 3.8) is 0 Å². The van der Waals surface area contributed by atoms with E-state index < -0.39 is 9.85 Å². The number of non-ortho nitro benzene ring substituents is 2. The van der Waals surface area contributed by atoms with Gasteiger partial charge in [-0.1, -0.05) is 0 Å². The summed E-state index contributed by atoms with van der Waals surface area (Å²) in [7, 11) is 0. The number of aryl methyl sites for hydroxylation is 2. The second kappa shape index (κ2) is 11.0. The van der Waals surface area contributed by atoms with E-state index in [-0.39, 0.29) is 11.4 Å². The average molecular weight is 506 g/mol. The van der Waals surface area contributed by atoms with Crippen molar-refractivity contribution in [1.82, 2.24) is 14.9 Å². The van der Waals surface area contributed by atoms with Crippen molar-refractivity contribution >= 4 is 28.8 Å². The summed E-state index contributed by atoms with van der Waals surface area (Å²) in [6.45, 7) is 8.47. The molecule has 0 aliphatic carbocycles. The second-order valence-electron chi connectivity index (χ2n) is 8.54. The van der Waals surface area contributed by atoms with Crippen LogP contribution in [0.2, 0.25) is 0 Å². The van der Waals surface area contributed by atoms with Crippen molar-refractivity contribution in [2.24, 2.45) is 4.99 Å². The molecule has 192 valence electrons. The van der Waals surface area contributed by atoms with Crippen LogP contribution in [0.15, 0.2) is 53.5 Å². The molecule has 2 aromatic carbocycles.